The van der Waals surface area contributed by atoms with Crippen molar-refractivity contribution >= 4 is 17.2 Å². The summed E-state index contributed by atoms with van der Waals surface area (Å²) in [6, 6.07) is 1.79. The van der Waals surface area contributed by atoms with Gasteiger partial charge >= 0.3 is 0 Å². The Balaban J connectivity index is 2.43. The van der Waals surface area contributed by atoms with E-state index in [0.29, 0.717) is 11.6 Å². The van der Waals surface area contributed by atoms with Gasteiger partial charge in [0.25, 0.3) is 0 Å². The third-order valence-corrected chi connectivity index (χ3v) is 3.65. The summed E-state index contributed by atoms with van der Waals surface area (Å²) in [4.78, 5) is 13.3. The molecule has 2 aromatic rings. The number of hydrogen-bond acceptors (Lipinski definition) is 6. The van der Waals surface area contributed by atoms with Crippen LogP contribution in [0.5, 0.6) is 0 Å². The number of rotatable bonds is 2. The zero-order valence-corrected chi connectivity index (χ0v) is 11.8. The molecular weight excluding hydrogens is 246 g/mol. The third kappa shape index (κ3) is 2.65. The van der Waals surface area contributed by atoms with Gasteiger partial charge in [0, 0.05) is 22.6 Å². The molecule has 0 atom stereocenters. The van der Waals surface area contributed by atoms with Crippen LogP contribution in [-0.4, -0.2) is 15.0 Å². The lowest BCUT2D eigenvalue weighted by Crippen LogP contribution is -2.11. The summed E-state index contributed by atoms with van der Waals surface area (Å²) in [5, 5.41) is 3.06. The number of nitrogen functional groups attached to an aromatic ring is 1. The third-order valence-electron chi connectivity index (χ3n) is 2.38. The van der Waals surface area contributed by atoms with Crippen LogP contribution >= 0.6 is 11.3 Å². The van der Waals surface area contributed by atoms with E-state index in [9.17, 15) is 0 Å². The van der Waals surface area contributed by atoms with Gasteiger partial charge in [0.1, 0.15) is 11.5 Å². The van der Waals surface area contributed by atoms with E-state index < -0.39 is 0 Å². The van der Waals surface area contributed by atoms with E-state index in [-0.39, 0.29) is 5.41 Å². The molecule has 6 heteroatoms. The molecule has 0 saturated carbocycles. The molecule has 2 rings (SSSR count). The first-order chi connectivity index (χ1) is 8.40. The standard InChI is InChI=1S/C12H17N5S/c1-7-5-9(17-13)16-10(14-7)8-6-18-11(15-8)12(2,3)4/h5-6H,13H2,1-4H3,(H,14,16,17). The van der Waals surface area contributed by atoms with Gasteiger partial charge in [-0.15, -0.1) is 11.3 Å². The average molecular weight is 263 g/mol. The monoisotopic (exact) mass is 263 g/mol. The van der Waals surface area contributed by atoms with Crippen LogP contribution in [0, 0.1) is 6.92 Å². The first-order valence-electron chi connectivity index (χ1n) is 5.69. The summed E-state index contributed by atoms with van der Waals surface area (Å²) in [6.07, 6.45) is 0. The van der Waals surface area contributed by atoms with Crippen molar-refractivity contribution in [3.8, 4) is 11.5 Å². The van der Waals surface area contributed by atoms with Crippen molar-refractivity contribution in [1.29, 1.82) is 0 Å². The van der Waals surface area contributed by atoms with Crippen LogP contribution in [0.1, 0.15) is 31.5 Å². The van der Waals surface area contributed by atoms with E-state index in [1.54, 1.807) is 17.4 Å². The minimum Gasteiger partial charge on any atom is -0.308 e. The fourth-order valence-corrected chi connectivity index (χ4v) is 2.36. The molecule has 0 fully saturated rings. The molecule has 0 aliphatic carbocycles. The van der Waals surface area contributed by atoms with Crippen molar-refractivity contribution < 1.29 is 0 Å². The van der Waals surface area contributed by atoms with Crippen molar-refractivity contribution in [2.24, 2.45) is 5.84 Å². The smallest absolute Gasteiger partial charge is 0.181 e. The van der Waals surface area contributed by atoms with Crippen molar-refractivity contribution in [2.45, 2.75) is 33.1 Å². The maximum absolute atomic E-state index is 5.38. The predicted molar refractivity (Wildman–Crippen MR) is 74.4 cm³/mol. The van der Waals surface area contributed by atoms with Crippen molar-refractivity contribution in [1.82, 2.24) is 15.0 Å². The maximum Gasteiger partial charge on any atom is 0.181 e. The number of nitrogens with one attached hydrogen (secondary N) is 1. The molecule has 18 heavy (non-hydrogen) atoms. The van der Waals surface area contributed by atoms with Gasteiger partial charge in [-0.25, -0.2) is 20.8 Å². The first-order valence-corrected chi connectivity index (χ1v) is 6.57. The number of aryl methyl sites for hydroxylation is 1. The topological polar surface area (TPSA) is 76.7 Å². The summed E-state index contributed by atoms with van der Waals surface area (Å²) in [6.45, 7) is 8.32. The minimum atomic E-state index is 0.0433. The van der Waals surface area contributed by atoms with Crippen LogP contribution in [0.4, 0.5) is 5.82 Å². The molecule has 0 aliphatic rings. The minimum absolute atomic E-state index is 0.0433. The molecule has 2 aromatic heterocycles. The van der Waals surface area contributed by atoms with Gasteiger partial charge < -0.3 is 5.43 Å². The number of nitrogens with two attached hydrogens (primary N) is 1. The second-order valence-corrected chi connectivity index (χ2v) is 6.01. The van der Waals surface area contributed by atoms with E-state index in [1.807, 2.05) is 12.3 Å². The van der Waals surface area contributed by atoms with Gasteiger partial charge in [-0.05, 0) is 6.92 Å². The molecule has 0 spiro atoms. The number of aromatic nitrogens is 3. The van der Waals surface area contributed by atoms with Gasteiger partial charge in [-0.3, -0.25) is 0 Å². The van der Waals surface area contributed by atoms with Gasteiger partial charge in [0.15, 0.2) is 5.82 Å². The average Bonchev–Trinajstić information content (AvgIpc) is 2.77. The summed E-state index contributed by atoms with van der Waals surface area (Å²) in [5.74, 6) is 6.59. The van der Waals surface area contributed by atoms with Crippen LogP contribution in [0.15, 0.2) is 11.4 Å². The van der Waals surface area contributed by atoms with Crippen molar-refractivity contribution in [2.75, 3.05) is 5.43 Å². The Morgan fingerprint density at radius 1 is 1.22 bits per heavy atom. The molecule has 3 N–H and O–H groups in total. The molecule has 2 heterocycles. The first kappa shape index (κ1) is 12.9. The van der Waals surface area contributed by atoms with Gasteiger partial charge in [0.05, 0.1) is 5.01 Å². The summed E-state index contributed by atoms with van der Waals surface area (Å²) >= 11 is 1.63. The van der Waals surface area contributed by atoms with Crippen LogP contribution in [0.25, 0.3) is 11.5 Å². The van der Waals surface area contributed by atoms with E-state index >= 15 is 0 Å². The maximum atomic E-state index is 5.38. The molecule has 0 unspecified atom stereocenters. The molecule has 0 aliphatic heterocycles. The highest BCUT2D eigenvalue weighted by atomic mass is 32.1. The van der Waals surface area contributed by atoms with Crippen molar-refractivity contribution in [3.63, 3.8) is 0 Å². The Labute approximate surface area is 110 Å². The fourth-order valence-electron chi connectivity index (χ4n) is 1.48. The Morgan fingerprint density at radius 2 is 1.94 bits per heavy atom. The highest BCUT2D eigenvalue weighted by Gasteiger charge is 2.19. The zero-order chi connectivity index (χ0) is 13.3. The molecule has 96 valence electrons. The summed E-state index contributed by atoms with van der Waals surface area (Å²) in [7, 11) is 0. The number of thiazole rings is 1. The second-order valence-electron chi connectivity index (χ2n) is 5.15. The largest absolute Gasteiger partial charge is 0.308 e. The molecule has 0 bridgehead atoms. The zero-order valence-electron chi connectivity index (χ0n) is 11.0. The van der Waals surface area contributed by atoms with Gasteiger partial charge in [-0.2, -0.15) is 0 Å². The highest BCUT2D eigenvalue weighted by molar-refractivity contribution is 7.10. The Hall–Kier alpha value is -1.53. The second kappa shape index (κ2) is 4.62. The van der Waals surface area contributed by atoms with Crippen LogP contribution in [0.2, 0.25) is 0 Å². The lowest BCUT2D eigenvalue weighted by atomic mass is 9.98. The molecule has 0 saturated heterocycles. The lowest BCUT2D eigenvalue weighted by molar-refractivity contribution is 0.586. The molecule has 5 nitrogen and oxygen atoms in total. The number of nitrogens with zero attached hydrogens (tertiary/aromatic N) is 3. The Bertz CT molecular complexity index is 556. The predicted octanol–water partition coefficient (Wildman–Crippen LogP) is 2.49. The molecular formula is C12H17N5S. The van der Waals surface area contributed by atoms with E-state index in [0.717, 1.165) is 16.4 Å². The van der Waals surface area contributed by atoms with Crippen LogP contribution in [-0.2, 0) is 5.41 Å². The molecule has 0 aromatic carbocycles. The quantitative estimate of drug-likeness (QED) is 0.643. The van der Waals surface area contributed by atoms with Crippen LogP contribution < -0.4 is 11.3 Å². The lowest BCUT2D eigenvalue weighted by Gasteiger charge is -2.13. The fraction of sp³-hybridized carbons (Fsp3) is 0.417. The SMILES string of the molecule is Cc1cc(NN)nc(-c2csc(C(C)(C)C)n2)n1. The Morgan fingerprint density at radius 3 is 2.50 bits per heavy atom. The molecule has 0 radical (unpaired) electrons. The van der Waals surface area contributed by atoms with Crippen LogP contribution in [0.3, 0.4) is 0 Å². The number of hydrogen-bond donors (Lipinski definition) is 2. The van der Waals surface area contributed by atoms with Crippen molar-refractivity contribution in [3.05, 3.63) is 22.1 Å². The summed E-state index contributed by atoms with van der Waals surface area (Å²) in [5.41, 5.74) is 4.24. The van der Waals surface area contributed by atoms with E-state index in [4.69, 9.17) is 5.84 Å². The normalized spacial score (nSPS) is 11.6. The Kier molecular flexibility index (Phi) is 3.32. The van der Waals surface area contributed by atoms with E-state index in [2.05, 4.69) is 41.1 Å². The summed E-state index contributed by atoms with van der Waals surface area (Å²) < 4.78 is 0. The molecule has 0 amide bonds. The number of anilines is 1. The van der Waals surface area contributed by atoms with Gasteiger partial charge in [-0.1, -0.05) is 20.8 Å². The number of hydrazine groups is 1. The van der Waals surface area contributed by atoms with Gasteiger partial charge in [0.2, 0.25) is 0 Å². The van der Waals surface area contributed by atoms with E-state index in [1.165, 1.54) is 0 Å². The highest BCUT2D eigenvalue weighted by Crippen LogP contribution is 2.28.